The minimum absolute atomic E-state index is 0.00848. The van der Waals surface area contributed by atoms with Crippen LogP contribution in [0.4, 0.5) is 0 Å². The number of ketones is 1. The summed E-state index contributed by atoms with van der Waals surface area (Å²) in [7, 11) is 0. The summed E-state index contributed by atoms with van der Waals surface area (Å²) >= 11 is 0. The molecule has 0 spiro atoms. The maximum Gasteiger partial charge on any atom is 0.205 e. The second kappa shape index (κ2) is 6.52. The highest BCUT2D eigenvalue weighted by Crippen LogP contribution is 2.43. The molecule has 1 aliphatic carbocycles. The number of benzene rings is 1. The topological polar surface area (TPSA) is 85.3 Å². The first-order valence-electron chi connectivity index (χ1n) is 7.65. The molecule has 0 bridgehead atoms. The fourth-order valence-corrected chi connectivity index (χ4v) is 3.07. The lowest BCUT2D eigenvalue weighted by molar-refractivity contribution is -0.116. The van der Waals surface area contributed by atoms with E-state index in [1.165, 1.54) is 0 Å². The van der Waals surface area contributed by atoms with Crippen LogP contribution in [-0.2, 0) is 9.53 Å². The number of Topliss-reactive ketones (excluding diaryl/α,β-unsaturated/α-hetero) is 1. The van der Waals surface area contributed by atoms with Gasteiger partial charge in [-0.05, 0) is 24.1 Å². The van der Waals surface area contributed by atoms with Crippen LogP contribution in [0.3, 0.4) is 0 Å². The summed E-state index contributed by atoms with van der Waals surface area (Å²) in [5, 5.41) is 9.49. The molecule has 5 heteroatoms. The summed E-state index contributed by atoms with van der Waals surface area (Å²) in [4.78, 5) is 12.4. The first-order valence-corrected chi connectivity index (χ1v) is 7.65. The number of ether oxygens (including phenoxy) is 2. The van der Waals surface area contributed by atoms with Crippen LogP contribution in [0.15, 0.2) is 47.1 Å². The highest BCUT2D eigenvalue weighted by molar-refractivity contribution is 5.99. The van der Waals surface area contributed by atoms with Crippen molar-refractivity contribution in [2.75, 3.05) is 6.61 Å². The predicted octanol–water partition coefficient (Wildman–Crippen LogP) is 2.51. The molecular formula is C19H16N2O3. The molecule has 0 unspecified atom stereocenters. The maximum atomic E-state index is 12.4. The number of allylic oxidation sites excluding steroid dienone is 3. The van der Waals surface area contributed by atoms with E-state index in [0.717, 1.165) is 12.0 Å². The molecular weight excluding hydrogens is 304 g/mol. The average molecular weight is 320 g/mol. The van der Waals surface area contributed by atoms with Gasteiger partial charge in [-0.25, -0.2) is 0 Å². The smallest absolute Gasteiger partial charge is 0.205 e. The van der Waals surface area contributed by atoms with E-state index in [2.05, 4.69) is 12.0 Å². The van der Waals surface area contributed by atoms with Gasteiger partial charge in [0.15, 0.2) is 5.78 Å². The van der Waals surface area contributed by atoms with Crippen LogP contribution in [0.2, 0.25) is 0 Å². The van der Waals surface area contributed by atoms with E-state index in [0.29, 0.717) is 29.9 Å². The van der Waals surface area contributed by atoms with E-state index in [1.54, 1.807) is 12.1 Å². The van der Waals surface area contributed by atoms with Crippen LogP contribution >= 0.6 is 0 Å². The Kier molecular flexibility index (Phi) is 4.26. The summed E-state index contributed by atoms with van der Waals surface area (Å²) in [6.45, 7) is 0.181. The summed E-state index contributed by atoms with van der Waals surface area (Å²) < 4.78 is 10.9. The number of rotatable bonds is 3. The van der Waals surface area contributed by atoms with Crippen LogP contribution < -0.4 is 10.5 Å². The van der Waals surface area contributed by atoms with E-state index < -0.39 is 5.92 Å². The number of nitriles is 1. The van der Waals surface area contributed by atoms with E-state index in [-0.39, 0.29) is 23.8 Å². The van der Waals surface area contributed by atoms with Crippen molar-refractivity contribution >= 4 is 5.78 Å². The van der Waals surface area contributed by atoms with Gasteiger partial charge >= 0.3 is 0 Å². The molecule has 0 aromatic heterocycles. The second-order valence-corrected chi connectivity index (χ2v) is 5.60. The van der Waals surface area contributed by atoms with Crippen LogP contribution in [0.5, 0.6) is 5.75 Å². The summed E-state index contributed by atoms with van der Waals surface area (Å²) in [6.07, 6.45) is 7.02. The number of hydrogen-bond donors (Lipinski definition) is 1. The zero-order valence-electron chi connectivity index (χ0n) is 13.0. The van der Waals surface area contributed by atoms with Gasteiger partial charge in [0.05, 0.1) is 5.92 Å². The molecule has 1 aliphatic heterocycles. The van der Waals surface area contributed by atoms with Crippen molar-refractivity contribution in [3.8, 4) is 24.2 Å². The third kappa shape index (κ3) is 2.73. The van der Waals surface area contributed by atoms with Crippen molar-refractivity contribution in [3.63, 3.8) is 0 Å². The number of terminal acetylenes is 1. The summed E-state index contributed by atoms with van der Waals surface area (Å²) in [5.41, 5.74) is 7.52. The lowest BCUT2D eigenvalue weighted by Crippen LogP contribution is -2.27. The van der Waals surface area contributed by atoms with Gasteiger partial charge in [0.1, 0.15) is 29.8 Å². The molecule has 2 N–H and O–H groups in total. The molecule has 1 heterocycles. The standard InChI is InChI=1S/C19H16N2O3/c1-2-10-23-13-8-6-12(7-9-13)17-14(11-20)19(21)24-16-5-3-4-15(22)18(16)17/h1,6-9,17H,3-5,10,21H2/t17-/m1/s1. The van der Waals surface area contributed by atoms with Gasteiger partial charge in [-0.15, -0.1) is 6.42 Å². The molecule has 3 rings (SSSR count). The molecule has 1 aromatic rings. The SMILES string of the molecule is C#CCOc1ccc([C@@H]2C(C#N)=C(N)OC3=C2C(=O)CCC3)cc1. The van der Waals surface area contributed by atoms with Crippen molar-refractivity contribution in [3.05, 3.63) is 52.6 Å². The number of nitrogens with two attached hydrogens (primary N) is 1. The molecule has 2 aliphatic rings. The van der Waals surface area contributed by atoms with Crippen molar-refractivity contribution in [1.29, 1.82) is 5.26 Å². The molecule has 0 saturated carbocycles. The Hall–Kier alpha value is -3.18. The van der Waals surface area contributed by atoms with E-state index in [4.69, 9.17) is 21.6 Å². The molecule has 5 nitrogen and oxygen atoms in total. The first kappa shape index (κ1) is 15.7. The maximum absolute atomic E-state index is 12.4. The third-order valence-electron chi connectivity index (χ3n) is 4.14. The molecule has 0 fully saturated rings. The highest BCUT2D eigenvalue weighted by Gasteiger charge is 2.37. The van der Waals surface area contributed by atoms with Gasteiger partial charge in [-0.3, -0.25) is 4.79 Å². The van der Waals surface area contributed by atoms with Crippen LogP contribution in [0, 0.1) is 23.7 Å². The Balaban J connectivity index is 2.03. The molecule has 120 valence electrons. The third-order valence-corrected chi connectivity index (χ3v) is 4.14. The van der Waals surface area contributed by atoms with E-state index in [9.17, 15) is 10.1 Å². The molecule has 0 amide bonds. The van der Waals surface area contributed by atoms with Crippen LogP contribution in [0.1, 0.15) is 30.7 Å². The zero-order chi connectivity index (χ0) is 17.1. The van der Waals surface area contributed by atoms with Crippen molar-refractivity contribution < 1.29 is 14.3 Å². The van der Waals surface area contributed by atoms with Crippen LogP contribution in [-0.4, -0.2) is 12.4 Å². The minimum Gasteiger partial charge on any atom is -0.481 e. The number of hydrogen-bond acceptors (Lipinski definition) is 5. The quantitative estimate of drug-likeness (QED) is 0.865. The largest absolute Gasteiger partial charge is 0.481 e. The van der Waals surface area contributed by atoms with Gasteiger partial charge in [0.25, 0.3) is 0 Å². The fraction of sp³-hybridized carbons (Fsp3) is 0.263. The monoisotopic (exact) mass is 320 g/mol. The fourth-order valence-electron chi connectivity index (χ4n) is 3.07. The van der Waals surface area contributed by atoms with E-state index >= 15 is 0 Å². The van der Waals surface area contributed by atoms with Gasteiger partial charge in [0.2, 0.25) is 5.88 Å². The van der Waals surface area contributed by atoms with E-state index in [1.807, 2.05) is 12.1 Å². The van der Waals surface area contributed by atoms with Gasteiger partial charge in [-0.1, -0.05) is 18.1 Å². The Morgan fingerprint density at radius 2 is 2.08 bits per heavy atom. The van der Waals surface area contributed by atoms with Gasteiger partial charge in [-0.2, -0.15) is 5.26 Å². The first-order chi connectivity index (χ1) is 11.7. The molecule has 1 atom stereocenters. The predicted molar refractivity (Wildman–Crippen MR) is 87.3 cm³/mol. The Morgan fingerprint density at radius 3 is 2.75 bits per heavy atom. The number of carbonyl (C=O) groups is 1. The molecule has 24 heavy (non-hydrogen) atoms. The lowest BCUT2D eigenvalue weighted by Gasteiger charge is -2.31. The van der Waals surface area contributed by atoms with Crippen LogP contribution in [0.25, 0.3) is 0 Å². The van der Waals surface area contributed by atoms with Gasteiger partial charge in [0, 0.05) is 18.4 Å². The average Bonchev–Trinajstić information content (AvgIpc) is 2.59. The Morgan fingerprint density at radius 1 is 1.33 bits per heavy atom. The van der Waals surface area contributed by atoms with Gasteiger partial charge < -0.3 is 15.2 Å². The Labute approximate surface area is 140 Å². The summed E-state index contributed by atoms with van der Waals surface area (Å²) in [6, 6.07) is 9.26. The lowest BCUT2D eigenvalue weighted by atomic mass is 9.77. The number of nitrogens with zero attached hydrogens (tertiary/aromatic N) is 1. The highest BCUT2D eigenvalue weighted by atomic mass is 16.5. The van der Waals surface area contributed by atoms with Crippen molar-refractivity contribution in [2.24, 2.45) is 5.73 Å². The normalized spacial score (nSPS) is 19.9. The Bertz CT molecular complexity index is 820. The molecule has 1 aromatic carbocycles. The minimum atomic E-state index is -0.492. The van der Waals surface area contributed by atoms with Crippen molar-refractivity contribution in [2.45, 2.75) is 25.2 Å². The van der Waals surface area contributed by atoms with Crippen molar-refractivity contribution in [1.82, 2.24) is 0 Å². The summed E-state index contributed by atoms with van der Waals surface area (Å²) in [5.74, 6) is 3.20. The zero-order valence-corrected chi connectivity index (χ0v) is 13.0. The molecule has 0 saturated heterocycles. The molecule has 0 radical (unpaired) electrons. The second-order valence-electron chi connectivity index (χ2n) is 5.60. The number of carbonyl (C=O) groups excluding carboxylic acids is 1.